The molecule has 0 radical (unpaired) electrons. The molecule has 1 heterocycles. The molecule has 70 valence electrons. The van der Waals surface area contributed by atoms with E-state index in [0.29, 0.717) is 11.4 Å². The van der Waals surface area contributed by atoms with Gasteiger partial charge in [-0.15, -0.1) is 11.8 Å². The van der Waals surface area contributed by atoms with E-state index in [0.717, 1.165) is 4.90 Å². The van der Waals surface area contributed by atoms with Crippen molar-refractivity contribution in [2.75, 3.05) is 12.4 Å². The third-order valence-corrected chi connectivity index (χ3v) is 2.33. The zero-order valence-electron chi connectivity index (χ0n) is 7.03. The Kier molecular flexibility index (Phi) is 3.72. The maximum atomic E-state index is 8.58. The Hall–Kier alpha value is -1.07. The largest absolute Gasteiger partial charge is 0.396 e. The van der Waals surface area contributed by atoms with E-state index in [-0.39, 0.29) is 12.4 Å². The summed E-state index contributed by atoms with van der Waals surface area (Å²) in [6.45, 7) is 0.152. The van der Waals surface area contributed by atoms with Crippen LogP contribution in [0.1, 0.15) is 5.69 Å². The number of thioether (sulfide) groups is 1. The van der Waals surface area contributed by atoms with E-state index < -0.39 is 0 Å². The first-order valence-corrected chi connectivity index (χ1v) is 4.76. The quantitative estimate of drug-likeness (QED) is 0.372. The molecule has 5 heteroatoms. The molecule has 0 bridgehead atoms. The molecule has 0 atom stereocenters. The molecule has 4 N–H and O–H groups in total. The summed E-state index contributed by atoms with van der Waals surface area (Å²) in [6, 6.07) is 3.53. The first-order valence-electron chi connectivity index (χ1n) is 3.78. The second-order valence-corrected chi connectivity index (χ2v) is 3.53. The van der Waals surface area contributed by atoms with Crippen LogP contribution in [0.2, 0.25) is 0 Å². The van der Waals surface area contributed by atoms with Gasteiger partial charge in [0.05, 0.1) is 6.61 Å². The van der Waals surface area contributed by atoms with Gasteiger partial charge in [0.2, 0.25) is 0 Å². The number of rotatable bonds is 4. The average molecular weight is 197 g/mol. The van der Waals surface area contributed by atoms with Crippen LogP contribution in [-0.4, -0.2) is 28.3 Å². The molecule has 1 aromatic rings. The summed E-state index contributed by atoms with van der Waals surface area (Å²) in [5.41, 5.74) is 5.72. The number of nitrogens with two attached hydrogens (primary N) is 1. The van der Waals surface area contributed by atoms with Gasteiger partial charge in [-0.2, -0.15) is 0 Å². The van der Waals surface area contributed by atoms with E-state index in [1.54, 1.807) is 12.3 Å². The maximum Gasteiger partial charge on any atom is 0.141 e. The Morgan fingerprint density at radius 2 is 2.38 bits per heavy atom. The fourth-order valence-electron chi connectivity index (χ4n) is 0.788. The van der Waals surface area contributed by atoms with E-state index in [9.17, 15) is 0 Å². The SMILES string of the molecule is N=C(N)c1ccc(SCCO)cn1. The minimum absolute atomic E-state index is 0.0290. The van der Waals surface area contributed by atoms with Crippen LogP contribution in [0.3, 0.4) is 0 Å². The number of hydrogen-bond donors (Lipinski definition) is 3. The van der Waals surface area contributed by atoms with E-state index in [1.165, 1.54) is 11.8 Å². The van der Waals surface area contributed by atoms with Gasteiger partial charge in [-0.3, -0.25) is 10.4 Å². The van der Waals surface area contributed by atoms with Crippen LogP contribution in [-0.2, 0) is 0 Å². The highest BCUT2D eigenvalue weighted by Gasteiger charge is 1.98. The molecule has 0 spiro atoms. The molecule has 0 saturated carbocycles. The van der Waals surface area contributed by atoms with Crippen molar-refractivity contribution >= 4 is 17.6 Å². The lowest BCUT2D eigenvalue weighted by atomic mass is 10.3. The fourth-order valence-corrected chi connectivity index (χ4v) is 1.41. The summed E-state index contributed by atoms with van der Waals surface area (Å²) in [5.74, 6) is 0.625. The molecule has 0 amide bonds. The van der Waals surface area contributed by atoms with Crippen molar-refractivity contribution < 1.29 is 5.11 Å². The fraction of sp³-hybridized carbons (Fsp3) is 0.250. The smallest absolute Gasteiger partial charge is 0.141 e. The van der Waals surface area contributed by atoms with Crippen LogP contribution in [0.25, 0.3) is 0 Å². The maximum absolute atomic E-state index is 8.58. The number of nitrogen functional groups attached to an aromatic ring is 1. The molecule has 0 aliphatic rings. The molecule has 0 aliphatic heterocycles. The van der Waals surface area contributed by atoms with Crippen molar-refractivity contribution in [1.82, 2.24) is 4.98 Å². The molecule has 0 fully saturated rings. The molecular weight excluding hydrogens is 186 g/mol. The van der Waals surface area contributed by atoms with E-state index >= 15 is 0 Å². The van der Waals surface area contributed by atoms with Gasteiger partial charge in [0, 0.05) is 16.8 Å². The first kappa shape index (κ1) is 10.0. The lowest BCUT2D eigenvalue weighted by Gasteiger charge is -2.00. The van der Waals surface area contributed by atoms with Crippen LogP contribution >= 0.6 is 11.8 Å². The molecule has 4 nitrogen and oxygen atoms in total. The summed E-state index contributed by atoms with van der Waals surface area (Å²) in [4.78, 5) is 4.95. The topological polar surface area (TPSA) is 83.0 Å². The highest BCUT2D eigenvalue weighted by Crippen LogP contribution is 2.15. The normalized spacial score (nSPS) is 9.92. The molecule has 0 saturated heterocycles. The number of aliphatic hydroxyl groups excluding tert-OH is 1. The molecule has 1 aromatic heterocycles. The van der Waals surface area contributed by atoms with Gasteiger partial charge in [-0.25, -0.2) is 0 Å². The van der Waals surface area contributed by atoms with E-state index in [2.05, 4.69) is 4.98 Å². The standard InChI is InChI=1S/C8H11N3OS/c9-8(10)7-2-1-6(5-11-7)13-4-3-12/h1-2,5,12H,3-4H2,(H3,9,10). The highest BCUT2D eigenvalue weighted by atomic mass is 32.2. The molecule has 0 aromatic carbocycles. The Bertz CT molecular complexity index is 286. The third kappa shape index (κ3) is 3.04. The Balaban J connectivity index is 2.64. The highest BCUT2D eigenvalue weighted by molar-refractivity contribution is 7.99. The number of nitrogens with one attached hydrogen (secondary N) is 1. The van der Waals surface area contributed by atoms with Crippen molar-refractivity contribution in [2.24, 2.45) is 5.73 Å². The van der Waals surface area contributed by atoms with Crippen LogP contribution in [0.15, 0.2) is 23.2 Å². The number of amidine groups is 1. The molecule has 0 aliphatic carbocycles. The lowest BCUT2D eigenvalue weighted by Crippen LogP contribution is -2.12. The van der Waals surface area contributed by atoms with E-state index in [4.69, 9.17) is 16.2 Å². The minimum Gasteiger partial charge on any atom is -0.396 e. The number of hydrogen-bond acceptors (Lipinski definition) is 4. The van der Waals surface area contributed by atoms with Crippen LogP contribution in [0.4, 0.5) is 0 Å². The zero-order chi connectivity index (χ0) is 9.68. The monoisotopic (exact) mass is 197 g/mol. The van der Waals surface area contributed by atoms with Gasteiger partial charge in [-0.1, -0.05) is 0 Å². The summed E-state index contributed by atoms with van der Waals surface area (Å²) < 4.78 is 0. The van der Waals surface area contributed by atoms with Crippen molar-refractivity contribution in [1.29, 1.82) is 5.41 Å². The number of aliphatic hydroxyl groups is 1. The zero-order valence-corrected chi connectivity index (χ0v) is 7.84. The first-order chi connectivity index (χ1) is 6.24. The van der Waals surface area contributed by atoms with Gasteiger partial charge in [0.25, 0.3) is 0 Å². The summed E-state index contributed by atoms with van der Waals surface area (Å²) in [7, 11) is 0. The predicted octanol–water partition coefficient (Wildman–Crippen LogP) is 0.450. The van der Waals surface area contributed by atoms with Crippen molar-refractivity contribution in [3.63, 3.8) is 0 Å². The van der Waals surface area contributed by atoms with Crippen molar-refractivity contribution in [2.45, 2.75) is 4.90 Å². The Morgan fingerprint density at radius 1 is 1.62 bits per heavy atom. The Morgan fingerprint density at radius 3 is 2.85 bits per heavy atom. The molecule has 0 unspecified atom stereocenters. The van der Waals surface area contributed by atoms with Gasteiger partial charge in [0.15, 0.2) is 0 Å². The summed E-state index contributed by atoms with van der Waals surface area (Å²) in [6.07, 6.45) is 1.65. The van der Waals surface area contributed by atoms with Gasteiger partial charge >= 0.3 is 0 Å². The Labute approximate surface area is 80.7 Å². The van der Waals surface area contributed by atoms with E-state index in [1.807, 2.05) is 6.07 Å². The van der Waals surface area contributed by atoms with Gasteiger partial charge in [0.1, 0.15) is 11.5 Å². The number of aromatic nitrogens is 1. The van der Waals surface area contributed by atoms with Crippen LogP contribution in [0, 0.1) is 5.41 Å². The summed E-state index contributed by atoms with van der Waals surface area (Å²) >= 11 is 1.52. The van der Waals surface area contributed by atoms with Crippen molar-refractivity contribution in [3.8, 4) is 0 Å². The molecule has 1 rings (SSSR count). The second kappa shape index (κ2) is 4.84. The summed E-state index contributed by atoms with van der Waals surface area (Å²) in [5, 5.41) is 15.7. The molecule has 13 heavy (non-hydrogen) atoms. The van der Waals surface area contributed by atoms with Crippen LogP contribution in [0.5, 0.6) is 0 Å². The van der Waals surface area contributed by atoms with Gasteiger partial charge in [-0.05, 0) is 12.1 Å². The third-order valence-electron chi connectivity index (χ3n) is 1.37. The number of pyridine rings is 1. The lowest BCUT2D eigenvalue weighted by molar-refractivity contribution is 0.322. The second-order valence-electron chi connectivity index (χ2n) is 2.36. The average Bonchev–Trinajstić information content (AvgIpc) is 2.15. The van der Waals surface area contributed by atoms with Crippen molar-refractivity contribution in [3.05, 3.63) is 24.0 Å². The van der Waals surface area contributed by atoms with Gasteiger partial charge < -0.3 is 10.8 Å². The minimum atomic E-state index is -0.0290. The predicted molar refractivity (Wildman–Crippen MR) is 53.1 cm³/mol. The number of nitrogens with zero attached hydrogens (tertiary/aromatic N) is 1. The molecular formula is C8H11N3OS. The van der Waals surface area contributed by atoms with Crippen LogP contribution < -0.4 is 5.73 Å².